The average molecular weight is 391 g/mol. The Balaban J connectivity index is 1.59. The number of para-hydroxylation sites is 1. The molecule has 1 aliphatic heterocycles. The molecule has 0 saturated heterocycles. The molecule has 4 rings (SSSR count). The summed E-state index contributed by atoms with van der Waals surface area (Å²) >= 11 is 0. The highest BCUT2D eigenvalue weighted by molar-refractivity contribution is 5.96. The fourth-order valence-electron chi connectivity index (χ4n) is 3.60. The molecular formula is C21H21N5O3. The first-order valence-corrected chi connectivity index (χ1v) is 9.46. The molecule has 8 nitrogen and oxygen atoms in total. The number of nitrogens with one attached hydrogen (secondary N) is 1. The van der Waals surface area contributed by atoms with Crippen LogP contribution in [0.15, 0.2) is 53.7 Å². The van der Waals surface area contributed by atoms with E-state index in [4.69, 9.17) is 9.72 Å². The molecule has 2 aromatic heterocycles. The standard InChI is InChI=1S/C21H21N5O3/c1-29-18-7-3-2-6-15(18)21(28)23-12-14-5-4-10-26-19(27)11-17(25-20(14)26)16-8-9-22-13-24-16/h2-3,6-9,11,13-14H,4-5,10,12H2,1H3,(H,23,28). The summed E-state index contributed by atoms with van der Waals surface area (Å²) in [5, 5.41) is 2.96. The van der Waals surface area contributed by atoms with Gasteiger partial charge >= 0.3 is 0 Å². The Morgan fingerprint density at radius 2 is 2.14 bits per heavy atom. The number of methoxy groups -OCH3 is 1. The van der Waals surface area contributed by atoms with Crippen molar-refractivity contribution in [1.82, 2.24) is 24.8 Å². The van der Waals surface area contributed by atoms with Crippen molar-refractivity contribution in [2.45, 2.75) is 25.3 Å². The normalized spacial score (nSPS) is 15.4. The molecule has 1 aliphatic rings. The lowest BCUT2D eigenvalue weighted by molar-refractivity contribution is 0.0946. The lowest BCUT2D eigenvalue weighted by Crippen LogP contribution is -2.36. The van der Waals surface area contributed by atoms with E-state index < -0.39 is 0 Å². The summed E-state index contributed by atoms with van der Waals surface area (Å²) in [6.45, 7) is 1.01. The molecule has 1 aromatic carbocycles. The fourth-order valence-corrected chi connectivity index (χ4v) is 3.60. The van der Waals surface area contributed by atoms with Crippen molar-refractivity contribution in [3.05, 3.63) is 70.7 Å². The van der Waals surface area contributed by atoms with E-state index in [9.17, 15) is 9.59 Å². The van der Waals surface area contributed by atoms with Gasteiger partial charge in [-0.1, -0.05) is 12.1 Å². The lowest BCUT2D eigenvalue weighted by Gasteiger charge is -2.26. The molecule has 0 fully saturated rings. The molecule has 0 radical (unpaired) electrons. The zero-order valence-electron chi connectivity index (χ0n) is 16.0. The zero-order valence-corrected chi connectivity index (χ0v) is 16.0. The van der Waals surface area contributed by atoms with E-state index in [1.165, 1.54) is 19.5 Å². The van der Waals surface area contributed by atoms with E-state index >= 15 is 0 Å². The first-order valence-electron chi connectivity index (χ1n) is 9.46. The van der Waals surface area contributed by atoms with E-state index in [2.05, 4.69) is 15.3 Å². The molecule has 0 bridgehead atoms. The van der Waals surface area contributed by atoms with Crippen LogP contribution in [-0.2, 0) is 6.54 Å². The van der Waals surface area contributed by atoms with Crippen LogP contribution in [0.1, 0.15) is 34.9 Å². The molecule has 0 saturated carbocycles. The van der Waals surface area contributed by atoms with E-state index in [1.54, 1.807) is 35.0 Å². The maximum atomic E-state index is 12.6. The predicted molar refractivity (Wildman–Crippen MR) is 107 cm³/mol. The maximum Gasteiger partial charge on any atom is 0.255 e. The van der Waals surface area contributed by atoms with Crippen molar-refractivity contribution in [2.24, 2.45) is 0 Å². The van der Waals surface area contributed by atoms with Gasteiger partial charge in [0.2, 0.25) is 0 Å². The fraction of sp³-hybridized carbons (Fsp3) is 0.286. The van der Waals surface area contributed by atoms with E-state index in [-0.39, 0.29) is 17.4 Å². The summed E-state index contributed by atoms with van der Waals surface area (Å²) in [5.74, 6) is 0.929. The molecule has 1 atom stereocenters. The molecule has 3 aromatic rings. The van der Waals surface area contributed by atoms with Gasteiger partial charge < -0.3 is 10.1 Å². The maximum absolute atomic E-state index is 12.6. The third kappa shape index (κ3) is 3.87. The Hall–Kier alpha value is -3.55. The quantitative estimate of drug-likeness (QED) is 0.714. The molecule has 0 spiro atoms. The summed E-state index contributed by atoms with van der Waals surface area (Å²) in [7, 11) is 1.54. The number of aromatic nitrogens is 4. The third-order valence-electron chi connectivity index (χ3n) is 5.04. The molecular weight excluding hydrogens is 370 g/mol. The van der Waals surface area contributed by atoms with Crippen LogP contribution in [0.3, 0.4) is 0 Å². The number of nitrogens with zero attached hydrogens (tertiary/aromatic N) is 4. The summed E-state index contributed by atoms with van der Waals surface area (Å²) in [6.07, 6.45) is 4.74. The van der Waals surface area contributed by atoms with Gasteiger partial charge in [-0.05, 0) is 31.0 Å². The van der Waals surface area contributed by atoms with Crippen molar-refractivity contribution >= 4 is 5.91 Å². The molecule has 148 valence electrons. The second-order valence-electron chi connectivity index (χ2n) is 6.83. The SMILES string of the molecule is COc1ccccc1C(=O)NCC1CCCn2c1nc(-c1ccncn1)cc2=O. The minimum atomic E-state index is -0.214. The van der Waals surface area contributed by atoms with Crippen LogP contribution < -0.4 is 15.6 Å². The molecule has 1 unspecified atom stereocenters. The number of rotatable bonds is 5. The van der Waals surface area contributed by atoms with Crippen molar-refractivity contribution in [2.75, 3.05) is 13.7 Å². The first kappa shape index (κ1) is 18.8. The smallest absolute Gasteiger partial charge is 0.255 e. The van der Waals surface area contributed by atoms with E-state index in [1.807, 2.05) is 6.07 Å². The van der Waals surface area contributed by atoms with E-state index in [0.29, 0.717) is 41.6 Å². The van der Waals surface area contributed by atoms with Gasteiger partial charge in [-0.15, -0.1) is 0 Å². The minimum Gasteiger partial charge on any atom is -0.496 e. The van der Waals surface area contributed by atoms with Crippen LogP contribution in [0.25, 0.3) is 11.4 Å². The van der Waals surface area contributed by atoms with Gasteiger partial charge in [0.05, 0.1) is 24.1 Å². The minimum absolute atomic E-state index is 0.0584. The lowest BCUT2D eigenvalue weighted by atomic mass is 9.97. The Kier molecular flexibility index (Phi) is 5.33. The average Bonchev–Trinajstić information content (AvgIpc) is 2.78. The molecule has 8 heteroatoms. The first-order chi connectivity index (χ1) is 14.2. The Labute approximate surface area is 167 Å². The van der Waals surface area contributed by atoms with Gasteiger partial charge in [0.25, 0.3) is 11.5 Å². The topological polar surface area (TPSA) is 99.0 Å². The number of carbonyl (C=O) groups excluding carboxylic acids is 1. The van der Waals surface area contributed by atoms with Gasteiger partial charge in [-0.3, -0.25) is 14.2 Å². The van der Waals surface area contributed by atoms with Gasteiger partial charge in [-0.2, -0.15) is 0 Å². The van der Waals surface area contributed by atoms with Gasteiger partial charge in [0.15, 0.2) is 0 Å². The summed E-state index contributed by atoms with van der Waals surface area (Å²) < 4.78 is 6.95. The number of benzene rings is 1. The number of carbonyl (C=O) groups is 1. The van der Waals surface area contributed by atoms with E-state index in [0.717, 1.165) is 12.8 Å². The molecule has 1 amide bonds. The second kappa shape index (κ2) is 8.22. The number of amides is 1. The van der Waals surface area contributed by atoms with Crippen molar-refractivity contribution in [3.8, 4) is 17.1 Å². The predicted octanol–water partition coefficient (Wildman–Crippen LogP) is 2.02. The Bertz CT molecular complexity index is 1080. The van der Waals surface area contributed by atoms with Crippen LogP contribution in [-0.4, -0.2) is 39.1 Å². The second-order valence-corrected chi connectivity index (χ2v) is 6.83. The van der Waals surface area contributed by atoms with Crippen LogP contribution in [0, 0.1) is 0 Å². The van der Waals surface area contributed by atoms with Crippen LogP contribution in [0.5, 0.6) is 5.75 Å². The van der Waals surface area contributed by atoms with Gasteiger partial charge in [0.1, 0.15) is 17.9 Å². The summed E-state index contributed by atoms with van der Waals surface area (Å²) in [6, 6.07) is 10.3. The van der Waals surface area contributed by atoms with Crippen LogP contribution >= 0.6 is 0 Å². The Morgan fingerprint density at radius 1 is 1.28 bits per heavy atom. The summed E-state index contributed by atoms with van der Waals surface area (Å²) in [4.78, 5) is 38.1. The van der Waals surface area contributed by atoms with Crippen molar-refractivity contribution in [1.29, 1.82) is 0 Å². The Morgan fingerprint density at radius 3 is 2.93 bits per heavy atom. The number of fused-ring (bicyclic) bond motifs is 1. The van der Waals surface area contributed by atoms with Gasteiger partial charge in [-0.25, -0.2) is 15.0 Å². The number of hydrogen-bond acceptors (Lipinski definition) is 6. The zero-order chi connectivity index (χ0) is 20.2. The monoisotopic (exact) mass is 391 g/mol. The highest BCUT2D eigenvalue weighted by atomic mass is 16.5. The van der Waals surface area contributed by atoms with Crippen molar-refractivity contribution < 1.29 is 9.53 Å². The molecule has 3 heterocycles. The van der Waals surface area contributed by atoms with Crippen molar-refractivity contribution in [3.63, 3.8) is 0 Å². The molecule has 29 heavy (non-hydrogen) atoms. The summed E-state index contributed by atoms with van der Waals surface area (Å²) in [5.41, 5.74) is 1.49. The van der Waals surface area contributed by atoms with Gasteiger partial charge in [0, 0.05) is 31.3 Å². The highest BCUT2D eigenvalue weighted by Crippen LogP contribution is 2.26. The van der Waals surface area contributed by atoms with Crippen LogP contribution in [0.4, 0.5) is 0 Å². The highest BCUT2D eigenvalue weighted by Gasteiger charge is 2.25. The third-order valence-corrected chi connectivity index (χ3v) is 5.04. The largest absolute Gasteiger partial charge is 0.496 e. The number of ether oxygens (including phenoxy) is 1. The number of hydrogen-bond donors (Lipinski definition) is 1. The molecule has 0 aliphatic carbocycles. The van der Waals surface area contributed by atoms with Crippen LogP contribution in [0.2, 0.25) is 0 Å². The molecule has 1 N–H and O–H groups in total.